The van der Waals surface area contributed by atoms with Gasteiger partial charge in [0.2, 0.25) is 10.0 Å². The third-order valence-electron chi connectivity index (χ3n) is 3.25. The lowest BCUT2D eigenvalue weighted by molar-refractivity contribution is 0.380. The van der Waals surface area contributed by atoms with Gasteiger partial charge >= 0.3 is 0 Å². The quantitative estimate of drug-likeness (QED) is 0.743. The first kappa shape index (κ1) is 17.6. The van der Waals surface area contributed by atoms with Gasteiger partial charge in [-0.2, -0.15) is 4.31 Å². The number of nitrogens with zero attached hydrogens (tertiary/aromatic N) is 1. The van der Waals surface area contributed by atoms with E-state index in [4.69, 9.17) is 15.2 Å². The molecule has 0 spiro atoms. The van der Waals surface area contributed by atoms with Crippen LogP contribution >= 0.6 is 0 Å². The van der Waals surface area contributed by atoms with Crippen molar-refractivity contribution in [2.45, 2.75) is 31.6 Å². The van der Waals surface area contributed by atoms with Crippen molar-refractivity contribution < 1.29 is 17.9 Å². The molecule has 0 fully saturated rings. The number of nitrogens with two attached hydrogens (primary N) is 1. The van der Waals surface area contributed by atoms with Crippen molar-refractivity contribution in [2.24, 2.45) is 0 Å². The highest BCUT2D eigenvalue weighted by Gasteiger charge is 2.27. The van der Waals surface area contributed by atoms with Crippen molar-refractivity contribution in [1.82, 2.24) is 4.31 Å². The van der Waals surface area contributed by atoms with Crippen LogP contribution in [-0.4, -0.2) is 40.0 Å². The largest absolute Gasteiger partial charge is 0.495 e. The highest BCUT2D eigenvalue weighted by atomic mass is 32.2. The molecule has 0 amide bonds. The Morgan fingerprint density at radius 2 is 1.76 bits per heavy atom. The van der Waals surface area contributed by atoms with Crippen LogP contribution in [0.2, 0.25) is 0 Å². The fraction of sp³-hybridized carbons (Fsp3) is 0.571. The van der Waals surface area contributed by atoms with Crippen LogP contribution in [-0.2, 0) is 10.0 Å². The van der Waals surface area contributed by atoms with E-state index < -0.39 is 10.0 Å². The van der Waals surface area contributed by atoms with Gasteiger partial charge < -0.3 is 15.2 Å². The zero-order valence-corrected chi connectivity index (χ0v) is 13.9. The van der Waals surface area contributed by atoms with Crippen LogP contribution in [0, 0.1) is 0 Å². The van der Waals surface area contributed by atoms with Crippen LogP contribution in [0.4, 0.5) is 5.69 Å². The first-order valence-electron chi connectivity index (χ1n) is 6.93. The minimum Gasteiger partial charge on any atom is -0.495 e. The summed E-state index contributed by atoms with van der Waals surface area (Å²) in [6, 6.07) is 2.89. The molecule has 21 heavy (non-hydrogen) atoms. The standard InChI is InChI=1S/C14H24N2O4S/c1-5-7-8-16(6-2)21(17,18)14-9-11(15)12(19-3)10-13(14)20-4/h9-10H,5-8,15H2,1-4H3. The van der Waals surface area contributed by atoms with Gasteiger partial charge in [-0.1, -0.05) is 20.3 Å². The van der Waals surface area contributed by atoms with Gasteiger partial charge in [0.1, 0.15) is 16.4 Å². The Labute approximate surface area is 126 Å². The fourth-order valence-electron chi connectivity index (χ4n) is 2.02. The van der Waals surface area contributed by atoms with E-state index in [-0.39, 0.29) is 16.3 Å². The smallest absolute Gasteiger partial charge is 0.246 e. The van der Waals surface area contributed by atoms with Crippen molar-refractivity contribution in [3.05, 3.63) is 12.1 Å². The van der Waals surface area contributed by atoms with E-state index in [1.165, 1.54) is 30.7 Å². The molecule has 0 aromatic heterocycles. The number of ether oxygens (including phenoxy) is 2. The van der Waals surface area contributed by atoms with Crippen LogP contribution in [0.5, 0.6) is 11.5 Å². The Morgan fingerprint density at radius 1 is 1.14 bits per heavy atom. The van der Waals surface area contributed by atoms with Crippen molar-refractivity contribution in [1.29, 1.82) is 0 Å². The van der Waals surface area contributed by atoms with Crippen molar-refractivity contribution in [3.63, 3.8) is 0 Å². The minimum absolute atomic E-state index is 0.0706. The molecule has 0 atom stereocenters. The van der Waals surface area contributed by atoms with E-state index in [0.717, 1.165) is 12.8 Å². The summed E-state index contributed by atoms with van der Waals surface area (Å²) in [4.78, 5) is 0.0706. The van der Waals surface area contributed by atoms with E-state index in [2.05, 4.69) is 0 Å². The number of methoxy groups -OCH3 is 2. The molecule has 0 aliphatic carbocycles. The highest BCUT2D eigenvalue weighted by molar-refractivity contribution is 7.89. The summed E-state index contributed by atoms with van der Waals surface area (Å²) in [6.07, 6.45) is 1.73. The van der Waals surface area contributed by atoms with Gasteiger partial charge in [-0.25, -0.2) is 8.42 Å². The lowest BCUT2D eigenvalue weighted by atomic mass is 10.3. The second-order valence-corrected chi connectivity index (χ2v) is 6.50. The van der Waals surface area contributed by atoms with E-state index in [0.29, 0.717) is 18.8 Å². The molecule has 0 heterocycles. The van der Waals surface area contributed by atoms with Crippen molar-refractivity contribution >= 4 is 15.7 Å². The van der Waals surface area contributed by atoms with Crippen molar-refractivity contribution in [2.75, 3.05) is 33.0 Å². The van der Waals surface area contributed by atoms with Gasteiger partial charge in [-0.3, -0.25) is 0 Å². The fourth-order valence-corrected chi connectivity index (χ4v) is 3.68. The Hall–Kier alpha value is -1.47. The summed E-state index contributed by atoms with van der Waals surface area (Å²) in [5.74, 6) is 0.624. The van der Waals surface area contributed by atoms with Gasteiger partial charge in [0.05, 0.1) is 19.9 Å². The number of anilines is 1. The molecule has 1 aromatic rings. The monoisotopic (exact) mass is 316 g/mol. The highest BCUT2D eigenvalue weighted by Crippen LogP contribution is 2.35. The first-order chi connectivity index (χ1) is 9.92. The average molecular weight is 316 g/mol. The van der Waals surface area contributed by atoms with Crippen LogP contribution in [0.25, 0.3) is 0 Å². The molecular weight excluding hydrogens is 292 g/mol. The zero-order valence-electron chi connectivity index (χ0n) is 13.0. The number of sulfonamides is 1. The third-order valence-corrected chi connectivity index (χ3v) is 5.24. The lowest BCUT2D eigenvalue weighted by Crippen LogP contribution is -2.32. The lowest BCUT2D eigenvalue weighted by Gasteiger charge is -2.22. The Balaban J connectivity index is 3.32. The Kier molecular flexibility index (Phi) is 6.29. The zero-order chi connectivity index (χ0) is 16.0. The van der Waals surface area contributed by atoms with Crippen LogP contribution in [0.1, 0.15) is 26.7 Å². The number of hydrogen-bond acceptors (Lipinski definition) is 5. The minimum atomic E-state index is -3.64. The van der Waals surface area contributed by atoms with Gasteiger partial charge in [-0.05, 0) is 12.5 Å². The molecule has 1 rings (SSSR count). The van der Waals surface area contributed by atoms with E-state index in [1.807, 2.05) is 13.8 Å². The summed E-state index contributed by atoms with van der Waals surface area (Å²) in [7, 11) is -0.747. The van der Waals surface area contributed by atoms with Crippen LogP contribution in [0.3, 0.4) is 0 Å². The predicted octanol–water partition coefficient (Wildman–Crippen LogP) is 2.10. The van der Waals surface area contributed by atoms with Gasteiger partial charge in [0.25, 0.3) is 0 Å². The molecule has 0 aliphatic heterocycles. The first-order valence-corrected chi connectivity index (χ1v) is 8.37. The molecule has 0 aliphatic rings. The molecule has 0 radical (unpaired) electrons. The maximum Gasteiger partial charge on any atom is 0.246 e. The number of benzene rings is 1. The molecule has 7 heteroatoms. The molecule has 1 aromatic carbocycles. The van der Waals surface area contributed by atoms with E-state index in [9.17, 15) is 8.42 Å². The van der Waals surface area contributed by atoms with Crippen LogP contribution in [0.15, 0.2) is 17.0 Å². The third kappa shape index (κ3) is 3.79. The molecule has 0 bridgehead atoms. The Bertz CT molecular complexity index is 573. The summed E-state index contributed by atoms with van der Waals surface area (Å²) in [5, 5.41) is 0. The SMILES string of the molecule is CCCCN(CC)S(=O)(=O)c1cc(N)c(OC)cc1OC. The van der Waals surface area contributed by atoms with E-state index >= 15 is 0 Å². The maximum atomic E-state index is 12.8. The molecule has 0 saturated carbocycles. The van der Waals surface area contributed by atoms with Gasteiger partial charge in [-0.15, -0.1) is 0 Å². The summed E-state index contributed by atoms with van der Waals surface area (Å²) >= 11 is 0. The maximum absolute atomic E-state index is 12.8. The number of unbranched alkanes of at least 4 members (excludes halogenated alkanes) is 1. The Morgan fingerprint density at radius 3 is 2.24 bits per heavy atom. The number of nitrogen functional groups attached to an aromatic ring is 1. The normalized spacial score (nSPS) is 11.7. The molecule has 6 nitrogen and oxygen atoms in total. The molecule has 0 saturated heterocycles. The number of hydrogen-bond donors (Lipinski definition) is 1. The molecule has 2 N–H and O–H groups in total. The van der Waals surface area contributed by atoms with Crippen molar-refractivity contribution in [3.8, 4) is 11.5 Å². The number of rotatable bonds is 8. The second-order valence-electron chi connectivity index (χ2n) is 4.60. The topological polar surface area (TPSA) is 81.9 Å². The molecule has 0 unspecified atom stereocenters. The summed E-state index contributed by atoms with van der Waals surface area (Å²) < 4.78 is 37.2. The molecule has 120 valence electrons. The van der Waals surface area contributed by atoms with Gasteiger partial charge in [0, 0.05) is 19.2 Å². The van der Waals surface area contributed by atoms with E-state index in [1.54, 1.807) is 0 Å². The molecular formula is C14H24N2O4S. The van der Waals surface area contributed by atoms with Crippen LogP contribution < -0.4 is 15.2 Å². The predicted molar refractivity (Wildman–Crippen MR) is 83.3 cm³/mol. The second kappa shape index (κ2) is 7.51. The summed E-state index contributed by atoms with van der Waals surface area (Å²) in [5.41, 5.74) is 6.10. The van der Waals surface area contributed by atoms with Gasteiger partial charge in [0.15, 0.2) is 0 Å². The summed E-state index contributed by atoms with van der Waals surface area (Å²) in [6.45, 7) is 4.71. The average Bonchev–Trinajstić information content (AvgIpc) is 2.47.